The van der Waals surface area contributed by atoms with E-state index in [9.17, 15) is 0 Å². The third-order valence-electron chi connectivity index (χ3n) is 3.71. The maximum Gasteiger partial charge on any atom is 0.125 e. The molecule has 0 aromatic carbocycles. The summed E-state index contributed by atoms with van der Waals surface area (Å²) in [5.74, 6) is 0.714. The van der Waals surface area contributed by atoms with Crippen LogP contribution in [0.15, 0.2) is 6.20 Å². The van der Waals surface area contributed by atoms with Crippen molar-refractivity contribution >= 4 is 11.3 Å². The molecule has 3 nitrogen and oxygen atoms in total. The zero-order valence-electron chi connectivity index (χ0n) is 10.9. The van der Waals surface area contributed by atoms with E-state index in [0.29, 0.717) is 5.92 Å². The topological polar surface area (TPSA) is 48.1 Å². The second-order valence-electron chi connectivity index (χ2n) is 5.26. The summed E-state index contributed by atoms with van der Waals surface area (Å²) in [5.41, 5.74) is 5.74. The van der Waals surface area contributed by atoms with Gasteiger partial charge in [-0.1, -0.05) is 13.3 Å². The Hall–Kier alpha value is -0.450. The van der Waals surface area contributed by atoms with Gasteiger partial charge in [0.05, 0.1) is 0 Å². The van der Waals surface area contributed by atoms with Gasteiger partial charge in [0.1, 0.15) is 10.6 Å². The number of methoxy groups -OCH3 is 1. The predicted molar refractivity (Wildman–Crippen MR) is 71.0 cm³/mol. The molecule has 0 aliphatic heterocycles. The van der Waals surface area contributed by atoms with Crippen molar-refractivity contribution in [2.75, 3.05) is 7.11 Å². The minimum absolute atomic E-state index is 0.0659. The van der Waals surface area contributed by atoms with Crippen molar-refractivity contribution in [3.63, 3.8) is 0 Å². The van der Waals surface area contributed by atoms with Crippen molar-refractivity contribution in [3.8, 4) is 0 Å². The van der Waals surface area contributed by atoms with Gasteiger partial charge >= 0.3 is 0 Å². The first-order valence-electron chi connectivity index (χ1n) is 6.34. The van der Waals surface area contributed by atoms with Gasteiger partial charge in [-0.05, 0) is 32.1 Å². The zero-order valence-corrected chi connectivity index (χ0v) is 11.7. The summed E-state index contributed by atoms with van der Waals surface area (Å²) >= 11 is 1.71. The van der Waals surface area contributed by atoms with Crippen molar-refractivity contribution in [1.82, 2.24) is 4.98 Å². The molecule has 2 N–H and O–H groups in total. The Kier molecular flexibility index (Phi) is 3.85. The fraction of sp³-hybridized carbons (Fsp3) is 0.769. The SMILES string of the molecule is COC1(c2ncc(C(C)N)s2)CCCC(C)C1. The van der Waals surface area contributed by atoms with E-state index in [4.69, 9.17) is 10.5 Å². The van der Waals surface area contributed by atoms with Crippen molar-refractivity contribution in [3.05, 3.63) is 16.1 Å². The van der Waals surface area contributed by atoms with Crippen LogP contribution in [0.3, 0.4) is 0 Å². The van der Waals surface area contributed by atoms with E-state index >= 15 is 0 Å². The molecule has 0 saturated heterocycles. The molecule has 96 valence electrons. The van der Waals surface area contributed by atoms with Crippen LogP contribution in [0.1, 0.15) is 55.5 Å². The number of aromatic nitrogens is 1. The molecule has 0 amide bonds. The van der Waals surface area contributed by atoms with Crippen LogP contribution in [0.2, 0.25) is 0 Å². The van der Waals surface area contributed by atoms with Gasteiger partial charge in [0, 0.05) is 24.2 Å². The number of hydrogen-bond acceptors (Lipinski definition) is 4. The monoisotopic (exact) mass is 254 g/mol. The summed E-state index contributed by atoms with van der Waals surface area (Å²) in [6.07, 6.45) is 6.60. The lowest BCUT2D eigenvalue weighted by atomic mass is 9.79. The quantitative estimate of drug-likeness (QED) is 0.901. The standard InChI is InChI=1S/C13H22N2OS/c1-9-5-4-6-13(7-9,16-3)12-15-8-11(17-12)10(2)14/h8-10H,4-7,14H2,1-3H3. The van der Waals surface area contributed by atoms with E-state index in [1.165, 1.54) is 12.8 Å². The van der Waals surface area contributed by atoms with Crippen LogP contribution in [-0.4, -0.2) is 12.1 Å². The third kappa shape index (κ3) is 2.54. The molecule has 3 atom stereocenters. The number of rotatable bonds is 3. The highest BCUT2D eigenvalue weighted by Gasteiger charge is 2.39. The molecule has 17 heavy (non-hydrogen) atoms. The van der Waals surface area contributed by atoms with E-state index in [-0.39, 0.29) is 11.6 Å². The summed E-state index contributed by atoms with van der Waals surface area (Å²) in [5, 5.41) is 1.11. The lowest BCUT2D eigenvalue weighted by Gasteiger charge is -2.37. The maximum atomic E-state index is 5.90. The van der Waals surface area contributed by atoms with E-state index in [1.54, 1.807) is 11.3 Å². The Balaban J connectivity index is 2.26. The minimum atomic E-state index is -0.157. The summed E-state index contributed by atoms with van der Waals surface area (Å²) < 4.78 is 5.84. The van der Waals surface area contributed by atoms with E-state index < -0.39 is 0 Å². The molecule has 3 unspecified atom stereocenters. The average Bonchev–Trinajstić information content (AvgIpc) is 2.78. The Morgan fingerprint density at radius 3 is 2.94 bits per heavy atom. The van der Waals surface area contributed by atoms with Gasteiger partial charge in [0.25, 0.3) is 0 Å². The largest absolute Gasteiger partial charge is 0.371 e. The fourth-order valence-corrected chi connectivity index (χ4v) is 3.75. The molecule has 4 heteroatoms. The van der Waals surface area contributed by atoms with Gasteiger partial charge in [-0.3, -0.25) is 0 Å². The molecule has 1 aliphatic rings. The van der Waals surface area contributed by atoms with Gasteiger partial charge < -0.3 is 10.5 Å². The van der Waals surface area contributed by atoms with Gasteiger partial charge in [0.15, 0.2) is 0 Å². The van der Waals surface area contributed by atoms with Crippen LogP contribution in [-0.2, 0) is 10.3 Å². The fourth-order valence-electron chi connectivity index (χ4n) is 2.68. The molecule has 0 bridgehead atoms. The number of nitrogens with two attached hydrogens (primary N) is 1. The lowest BCUT2D eigenvalue weighted by molar-refractivity contribution is -0.0580. The van der Waals surface area contributed by atoms with Crippen molar-refractivity contribution in [1.29, 1.82) is 0 Å². The number of hydrogen-bond donors (Lipinski definition) is 1. The summed E-state index contributed by atoms with van der Waals surface area (Å²) in [4.78, 5) is 5.70. The Morgan fingerprint density at radius 1 is 1.65 bits per heavy atom. The smallest absolute Gasteiger partial charge is 0.125 e. The highest BCUT2D eigenvalue weighted by molar-refractivity contribution is 7.11. The molecule has 1 aliphatic carbocycles. The normalized spacial score (nSPS) is 31.4. The zero-order chi connectivity index (χ0) is 12.5. The first-order valence-corrected chi connectivity index (χ1v) is 7.16. The molecule has 1 aromatic heterocycles. The summed E-state index contributed by atoms with van der Waals surface area (Å²) in [6.45, 7) is 4.30. The van der Waals surface area contributed by atoms with Crippen LogP contribution in [0.4, 0.5) is 0 Å². The van der Waals surface area contributed by atoms with Crippen molar-refractivity contribution in [2.24, 2.45) is 11.7 Å². The highest BCUT2D eigenvalue weighted by Crippen LogP contribution is 2.44. The highest BCUT2D eigenvalue weighted by atomic mass is 32.1. The van der Waals surface area contributed by atoms with E-state index in [2.05, 4.69) is 11.9 Å². The van der Waals surface area contributed by atoms with Crippen LogP contribution >= 0.6 is 11.3 Å². The Bertz CT molecular complexity index is 377. The molecule has 1 saturated carbocycles. The number of nitrogens with zero attached hydrogens (tertiary/aromatic N) is 1. The van der Waals surface area contributed by atoms with Crippen LogP contribution < -0.4 is 5.73 Å². The first kappa shape index (κ1) is 13.0. The van der Waals surface area contributed by atoms with Crippen LogP contribution in [0.25, 0.3) is 0 Å². The van der Waals surface area contributed by atoms with Crippen LogP contribution in [0, 0.1) is 5.92 Å². The number of ether oxygens (including phenoxy) is 1. The van der Waals surface area contributed by atoms with Gasteiger partial charge in [-0.2, -0.15) is 0 Å². The minimum Gasteiger partial charge on any atom is -0.371 e. The van der Waals surface area contributed by atoms with Crippen LogP contribution in [0.5, 0.6) is 0 Å². The molecular weight excluding hydrogens is 232 g/mol. The molecule has 2 rings (SSSR count). The molecule has 1 heterocycles. The van der Waals surface area contributed by atoms with Gasteiger partial charge in [0.2, 0.25) is 0 Å². The average molecular weight is 254 g/mol. The number of thiazole rings is 1. The van der Waals surface area contributed by atoms with Gasteiger partial charge in [-0.15, -0.1) is 11.3 Å². The second kappa shape index (κ2) is 5.04. The second-order valence-corrected chi connectivity index (χ2v) is 6.32. The lowest BCUT2D eigenvalue weighted by Crippen LogP contribution is -2.34. The van der Waals surface area contributed by atoms with Crippen molar-refractivity contribution in [2.45, 2.75) is 51.2 Å². The third-order valence-corrected chi connectivity index (χ3v) is 5.09. The maximum absolute atomic E-state index is 5.90. The van der Waals surface area contributed by atoms with E-state index in [0.717, 1.165) is 22.7 Å². The molecular formula is C13H22N2OS. The summed E-state index contributed by atoms with van der Waals surface area (Å²) in [7, 11) is 1.81. The molecule has 1 fully saturated rings. The Labute approximate surface area is 107 Å². The first-order chi connectivity index (χ1) is 8.07. The Morgan fingerprint density at radius 2 is 2.41 bits per heavy atom. The summed E-state index contributed by atoms with van der Waals surface area (Å²) in [6, 6.07) is 0.0659. The van der Waals surface area contributed by atoms with Gasteiger partial charge in [-0.25, -0.2) is 4.98 Å². The van der Waals surface area contributed by atoms with E-state index in [1.807, 2.05) is 20.2 Å². The molecule has 0 radical (unpaired) electrons. The van der Waals surface area contributed by atoms with Crippen molar-refractivity contribution < 1.29 is 4.74 Å². The molecule has 0 spiro atoms. The molecule has 1 aromatic rings. The predicted octanol–water partition coefficient (Wildman–Crippen LogP) is 3.21.